The first-order valence-corrected chi connectivity index (χ1v) is 12.9. The van der Waals surface area contributed by atoms with Crippen LogP contribution in [0.4, 0.5) is 10.2 Å². The number of benzene rings is 2. The predicted octanol–water partition coefficient (Wildman–Crippen LogP) is 4.59. The summed E-state index contributed by atoms with van der Waals surface area (Å²) in [5, 5.41) is 4.76. The molecule has 5 rings (SSSR count). The van der Waals surface area contributed by atoms with Crippen LogP contribution in [0.25, 0.3) is 22.5 Å². The van der Waals surface area contributed by atoms with Crippen LogP contribution in [0.3, 0.4) is 0 Å². The number of hydrogen-bond acceptors (Lipinski definition) is 6. The summed E-state index contributed by atoms with van der Waals surface area (Å²) in [5.74, 6) is 1.12. The maximum atomic E-state index is 13.9. The number of nitrogens with zero attached hydrogens (tertiary/aromatic N) is 6. The molecule has 0 atom stereocenters. The minimum atomic E-state index is -0.252. The molecule has 0 aliphatic carbocycles. The third-order valence-corrected chi connectivity index (χ3v) is 6.63. The number of anilines is 1. The zero-order valence-corrected chi connectivity index (χ0v) is 21.7. The molecule has 1 aliphatic heterocycles. The van der Waals surface area contributed by atoms with Crippen LogP contribution in [0, 0.1) is 12.7 Å². The molecule has 0 radical (unpaired) electrons. The highest BCUT2D eigenvalue weighted by atomic mass is 19.1. The smallest absolute Gasteiger partial charge is 0.244 e. The molecule has 1 aliphatic rings. The number of hydrogen-bond donors (Lipinski definition) is 0. The molecule has 1 saturated heterocycles. The van der Waals surface area contributed by atoms with Gasteiger partial charge in [-0.15, -0.1) is 0 Å². The molecule has 2 aromatic heterocycles. The summed E-state index contributed by atoms with van der Waals surface area (Å²) >= 11 is 0. The molecule has 38 heavy (non-hydrogen) atoms. The lowest BCUT2D eigenvalue weighted by molar-refractivity contribution is -0.132. The molecule has 0 unspecified atom stereocenters. The van der Waals surface area contributed by atoms with E-state index in [-0.39, 0.29) is 18.3 Å². The Bertz CT molecular complexity index is 1400. The molecule has 0 N–H and O–H groups in total. The summed E-state index contributed by atoms with van der Waals surface area (Å²) < 4.78 is 21.2. The van der Waals surface area contributed by atoms with Gasteiger partial charge in [0.15, 0.2) is 0 Å². The fourth-order valence-corrected chi connectivity index (χ4v) is 4.53. The number of carbonyl (C=O) groups is 1. The molecule has 3 heterocycles. The van der Waals surface area contributed by atoms with E-state index in [0.29, 0.717) is 49.9 Å². The Kier molecular flexibility index (Phi) is 7.62. The third kappa shape index (κ3) is 5.66. The molecule has 8 nitrogen and oxygen atoms in total. The fraction of sp³-hybridized carbons (Fsp3) is 0.310. The summed E-state index contributed by atoms with van der Waals surface area (Å²) in [4.78, 5) is 25.9. The first-order chi connectivity index (χ1) is 18.5. The van der Waals surface area contributed by atoms with E-state index >= 15 is 0 Å². The van der Waals surface area contributed by atoms with Gasteiger partial charge >= 0.3 is 0 Å². The van der Waals surface area contributed by atoms with Crippen molar-refractivity contribution in [1.29, 1.82) is 0 Å². The van der Waals surface area contributed by atoms with E-state index in [0.717, 1.165) is 29.1 Å². The van der Waals surface area contributed by atoms with Crippen molar-refractivity contribution in [1.82, 2.24) is 24.6 Å². The number of amides is 1. The van der Waals surface area contributed by atoms with Crippen molar-refractivity contribution in [3.05, 3.63) is 78.4 Å². The Hall–Kier alpha value is -4.27. The summed E-state index contributed by atoms with van der Waals surface area (Å²) in [6, 6.07) is 18.6. The van der Waals surface area contributed by atoms with Gasteiger partial charge < -0.3 is 14.5 Å². The van der Waals surface area contributed by atoms with Crippen LogP contribution in [0.5, 0.6) is 5.88 Å². The quantitative estimate of drug-likeness (QED) is 0.342. The van der Waals surface area contributed by atoms with Crippen molar-refractivity contribution in [3.63, 3.8) is 0 Å². The molecule has 0 saturated carbocycles. The molecule has 4 aromatic rings. The van der Waals surface area contributed by atoms with Crippen LogP contribution in [0.2, 0.25) is 0 Å². The number of halogens is 1. The topological polar surface area (TPSA) is 76.4 Å². The third-order valence-electron chi connectivity index (χ3n) is 6.63. The molecular formula is C29H31FN6O2. The van der Waals surface area contributed by atoms with Gasteiger partial charge in [-0.3, -0.25) is 9.48 Å². The van der Waals surface area contributed by atoms with Crippen molar-refractivity contribution in [2.24, 2.45) is 0 Å². The molecule has 0 bridgehead atoms. The summed E-state index contributed by atoms with van der Waals surface area (Å²) in [5.41, 5.74) is 3.88. The van der Waals surface area contributed by atoms with Crippen molar-refractivity contribution >= 4 is 11.7 Å². The van der Waals surface area contributed by atoms with Gasteiger partial charge in [0.1, 0.15) is 24.5 Å². The average Bonchev–Trinajstić information content (AvgIpc) is 3.37. The van der Waals surface area contributed by atoms with E-state index in [9.17, 15) is 9.18 Å². The maximum absolute atomic E-state index is 13.9. The van der Waals surface area contributed by atoms with Crippen molar-refractivity contribution < 1.29 is 13.9 Å². The van der Waals surface area contributed by atoms with Crippen LogP contribution in [0.1, 0.15) is 18.9 Å². The number of aromatic nitrogens is 4. The Morgan fingerprint density at radius 1 is 0.974 bits per heavy atom. The van der Waals surface area contributed by atoms with Crippen LogP contribution in [0.15, 0.2) is 67.0 Å². The van der Waals surface area contributed by atoms with E-state index in [1.54, 1.807) is 23.7 Å². The lowest BCUT2D eigenvalue weighted by Gasteiger charge is -2.35. The van der Waals surface area contributed by atoms with Crippen LogP contribution in [-0.4, -0.2) is 63.3 Å². The molecule has 1 fully saturated rings. The molecule has 2 aromatic carbocycles. The van der Waals surface area contributed by atoms with Gasteiger partial charge in [0, 0.05) is 37.8 Å². The van der Waals surface area contributed by atoms with E-state index < -0.39 is 0 Å². The zero-order chi connectivity index (χ0) is 26.5. The summed E-state index contributed by atoms with van der Waals surface area (Å²) in [6.07, 6.45) is 2.42. The predicted molar refractivity (Wildman–Crippen MR) is 144 cm³/mol. The SMILES string of the molecule is CCCOc1cc(N2CCN(C(=O)Cn3nc(-c4ccc(F)c(C)c4)cc3-c3ccccc3)CC2)ncn1. The average molecular weight is 515 g/mol. The van der Waals surface area contributed by atoms with Crippen molar-refractivity contribution in [2.75, 3.05) is 37.7 Å². The highest BCUT2D eigenvalue weighted by molar-refractivity contribution is 5.78. The van der Waals surface area contributed by atoms with E-state index in [4.69, 9.17) is 9.84 Å². The lowest BCUT2D eigenvalue weighted by atomic mass is 10.1. The number of carbonyl (C=O) groups excluding carboxylic acids is 1. The second-order valence-corrected chi connectivity index (χ2v) is 9.33. The van der Waals surface area contributed by atoms with Crippen molar-refractivity contribution in [3.8, 4) is 28.4 Å². The van der Waals surface area contributed by atoms with Gasteiger partial charge in [-0.05, 0) is 48.7 Å². The zero-order valence-electron chi connectivity index (χ0n) is 21.7. The van der Waals surface area contributed by atoms with Crippen LogP contribution < -0.4 is 9.64 Å². The van der Waals surface area contributed by atoms with Gasteiger partial charge in [0.05, 0.1) is 18.0 Å². The normalized spacial score (nSPS) is 13.6. The van der Waals surface area contributed by atoms with Gasteiger partial charge in [-0.2, -0.15) is 5.10 Å². The number of ether oxygens (including phenoxy) is 1. The first-order valence-electron chi connectivity index (χ1n) is 12.9. The maximum Gasteiger partial charge on any atom is 0.244 e. The number of rotatable bonds is 8. The summed E-state index contributed by atoms with van der Waals surface area (Å²) in [6.45, 7) is 7.01. The lowest BCUT2D eigenvalue weighted by Crippen LogP contribution is -2.50. The van der Waals surface area contributed by atoms with Crippen LogP contribution in [-0.2, 0) is 11.3 Å². The molecule has 196 valence electrons. The largest absolute Gasteiger partial charge is 0.478 e. The van der Waals surface area contributed by atoms with E-state index in [2.05, 4.69) is 21.8 Å². The Morgan fingerprint density at radius 3 is 2.50 bits per heavy atom. The van der Waals surface area contributed by atoms with Crippen molar-refractivity contribution in [2.45, 2.75) is 26.8 Å². The van der Waals surface area contributed by atoms with Gasteiger partial charge in [0.25, 0.3) is 0 Å². The van der Waals surface area contributed by atoms with Gasteiger partial charge in [-0.25, -0.2) is 14.4 Å². The molecule has 0 spiro atoms. The second kappa shape index (κ2) is 11.4. The Morgan fingerprint density at radius 2 is 1.76 bits per heavy atom. The van der Waals surface area contributed by atoms with E-state index in [1.807, 2.05) is 47.4 Å². The molecular weight excluding hydrogens is 483 g/mol. The standard InChI is InChI=1S/C29H31FN6O2/c1-3-15-38-28-18-27(31-20-32-28)34-11-13-35(14-12-34)29(37)19-36-26(22-7-5-4-6-8-22)17-25(33-36)23-9-10-24(30)21(2)16-23/h4-10,16-18,20H,3,11-15,19H2,1-2H3. The van der Waals surface area contributed by atoms with Crippen LogP contribution >= 0.6 is 0 Å². The Labute approximate surface area is 221 Å². The molecule has 1 amide bonds. The minimum Gasteiger partial charge on any atom is -0.478 e. The Balaban J connectivity index is 1.30. The number of piperazine rings is 1. The number of aryl methyl sites for hydroxylation is 1. The first kappa shape index (κ1) is 25.4. The van der Waals surface area contributed by atoms with Gasteiger partial charge in [0.2, 0.25) is 11.8 Å². The highest BCUT2D eigenvalue weighted by Gasteiger charge is 2.24. The second-order valence-electron chi connectivity index (χ2n) is 9.33. The highest BCUT2D eigenvalue weighted by Crippen LogP contribution is 2.28. The minimum absolute atomic E-state index is 0.00132. The van der Waals surface area contributed by atoms with E-state index in [1.165, 1.54) is 12.4 Å². The summed E-state index contributed by atoms with van der Waals surface area (Å²) in [7, 11) is 0. The molecule has 9 heteroatoms. The van der Waals surface area contributed by atoms with Gasteiger partial charge in [-0.1, -0.05) is 37.3 Å². The monoisotopic (exact) mass is 514 g/mol. The fourth-order valence-electron chi connectivity index (χ4n) is 4.53.